The third-order valence-electron chi connectivity index (χ3n) is 4.50. The molecule has 4 amide bonds. The molecule has 1 saturated heterocycles. The highest BCUT2D eigenvalue weighted by molar-refractivity contribution is 6.02. The zero-order valence-electron chi connectivity index (χ0n) is 15.4. The number of imide groups is 1. The number of nitrogens with zero attached hydrogens (tertiary/aromatic N) is 4. The van der Waals surface area contributed by atoms with Gasteiger partial charge < -0.3 is 10.6 Å². The highest BCUT2D eigenvalue weighted by atomic mass is 16.2. The molecule has 1 aromatic carbocycles. The van der Waals surface area contributed by atoms with E-state index in [4.69, 9.17) is 0 Å². The SMILES string of the molecule is O=C(NCc1ccc(-n2ccnc2)nc1)c1cccc(CN2C(=O)CNC2=O)c1. The Morgan fingerprint density at radius 2 is 2.07 bits per heavy atom. The van der Waals surface area contributed by atoms with Gasteiger partial charge in [0.2, 0.25) is 5.91 Å². The predicted octanol–water partition coefficient (Wildman–Crippen LogP) is 1.25. The fourth-order valence-electron chi connectivity index (χ4n) is 2.96. The van der Waals surface area contributed by atoms with Gasteiger partial charge in [-0.2, -0.15) is 0 Å². The standard InChI is InChI=1S/C20H18N6O3/c27-18-11-24-20(29)26(18)12-14-2-1-3-16(8-14)19(28)23-10-15-4-5-17(22-9-15)25-7-6-21-13-25/h1-9,13H,10-12H2,(H,23,28)(H,24,29). The first-order chi connectivity index (χ1) is 14.1. The van der Waals surface area contributed by atoms with E-state index in [0.717, 1.165) is 16.3 Å². The number of amides is 4. The highest BCUT2D eigenvalue weighted by Crippen LogP contribution is 2.12. The molecule has 0 aliphatic carbocycles. The number of nitrogens with one attached hydrogen (secondary N) is 2. The second kappa shape index (κ2) is 7.93. The summed E-state index contributed by atoms with van der Waals surface area (Å²) in [5.74, 6) is 0.213. The van der Waals surface area contributed by atoms with Crippen LogP contribution in [0, 0.1) is 0 Å². The van der Waals surface area contributed by atoms with Crippen LogP contribution in [-0.4, -0.2) is 43.8 Å². The smallest absolute Gasteiger partial charge is 0.324 e. The van der Waals surface area contributed by atoms with Gasteiger partial charge in [0, 0.05) is 30.7 Å². The van der Waals surface area contributed by atoms with Crippen molar-refractivity contribution in [3.63, 3.8) is 0 Å². The molecule has 29 heavy (non-hydrogen) atoms. The summed E-state index contributed by atoms with van der Waals surface area (Å²) in [4.78, 5) is 45.3. The van der Waals surface area contributed by atoms with E-state index in [2.05, 4.69) is 20.6 Å². The highest BCUT2D eigenvalue weighted by Gasteiger charge is 2.28. The minimum atomic E-state index is -0.420. The van der Waals surface area contributed by atoms with Gasteiger partial charge in [0.25, 0.3) is 5.91 Å². The van der Waals surface area contributed by atoms with Crippen molar-refractivity contribution in [1.82, 2.24) is 30.1 Å². The first-order valence-electron chi connectivity index (χ1n) is 8.99. The third-order valence-corrected chi connectivity index (χ3v) is 4.50. The van der Waals surface area contributed by atoms with Crippen molar-refractivity contribution in [2.24, 2.45) is 0 Å². The van der Waals surface area contributed by atoms with Crippen molar-refractivity contribution in [2.45, 2.75) is 13.1 Å². The Morgan fingerprint density at radius 3 is 2.76 bits per heavy atom. The third kappa shape index (κ3) is 4.13. The number of imidazole rings is 1. The molecular formula is C20H18N6O3. The van der Waals surface area contributed by atoms with Gasteiger partial charge >= 0.3 is 6.03 Å². The molecule has 9 nitrogen and oxygen atoms in total. The number of benzene rings is 1. The number of carbonyl (C=O) groups excluding carboxylic acids is 3. The van der Waals surface area contributed by atoms with Crippen LogP contribution < -0.4 is 10.6 Å². The summed E-state index contributed by atoms with van der Waals surface area (Å²) in [6.45, 7) is 0.464. The fraction of sp³-hybridized carbons (Fsp3) is 0.150. The van der Waals surface area contributed by atoms with Crippen molar-refractivity contribution >= 4 is 17.8 Å². The average Bonchev–Trinajstić information content (AvgIpc) is 3.39. The number of carbonyl (C=O) groups is 3. The van der Waals surface area contributed by atoms with Gasteiger partial charge in [0.15, 0.2) is 0 Å². The lowest BCUT2D eigenvalue weighted by Gasteiger charge is -2.13. The largest absolute Gasteiger partial charge is 0.348 e. The molecule has 0 atom stereocenters. The first kappa shape index (κ1) is 18.4. The molecule has 4 rings (SSSR count). The van der Waals surface area contributed by atoms with E-state index in [1.165, 1.54) is 0 Å². The summed E-state index contributed by atoms with van der Waals surface area (Å²) in [5, 5.41) is 5.33. The molecule has 2 aromatic heterocycles. The van der Waals surface area contributed by atoms with Crippen molar-refractivity contribution in [3.05, 3.63) is 78.0 Å². The molecule has 1 aliphatic heterocycles. The summed E-state index contributed by atoms with van der Waals surface area (Å²) >= 11 is 0. The molecule has 1 fully saturated rings. The van der Waals surface area contributed by atoms with Gasteiger partial charge in [-0.15, -0.1) is 0 Å². The normalized spacial score (nSPS) is 13.4. The maximum Gasteiger partial charge on any atom is 0.324 e. The Kier molecular flexibility index (Phi) is 5.02. The lowest BCUT2D eigenvalue weighted by Crippen LogP contribution is -2.30. The first-order valence-corrected chi connectivity index (χ1v) is 8.99. The Labute approximate surface area is 166 Å². The quantitative estimate of drug-likeness (QED) is 0.616. The molecule has 9 heteroatoms. The number of aromatic nitrogens is 3. The molecule has 0 saturated carbocycles. The van der Waals surface area contributed by atoms with Crippen LogP contribution in [0.1, 0.15) is 21.5 Å². The molecule has 2 N–H and O–H groups in total. The monoisotopic (exact) mass is 390 g/mol. The van der Waals surface area contributed by atoms with Crippen LogP contribution >= 0.6 is 0 Å². The molecule has 1 aliphatic rings. The summed E-state index contributed by atoms with van der Waals surface area (Å²) in [6, 6.07) is 10.2. The van der Waals surface area contributed by atoms with Gasteiger partial charge in [-0.05, 0) is 29.3 Å². The van der Waals surface area contributed by atoms with Crippen LogP contribution in [0.4, 0.5) is 4.79 Å². The van der Waals surface area contributed by atoms with Crippen LogP contribution in [0.3, 0.4) is 0 Å². The number of hydrogen-bond acceptors (Lipinski definition) is 5. The number of hydrogen-bond donors (Lipinski definition) is 2. The van der Waals surface area contributed by atoms with Gasteiger partial charge in [-0.25, -0.2) is 14.8 Å². The molecule has 146 valence electrons. The topological polar surface area (TPSA) is 109 Å². The Hall–Kier alpha value is -4.01. The lowest BCUT2D eigenvalue weighted by atomic mass is 10.1. The summed E-state index contributed by atoms with van der Waals surface area (Å²) in [6.07, 6.45) is 6.84. The predicted molar refractivity (Wildman–Crippen MR) is 103 cm³/mol. The van der Waals surface area contributed by atoms with Gasteiger partial charge in [-0.3, -0.25) is 19.1 Å². The summed E-state index contributed by atoms with van der Waals surface area (Å²) in [5.41, 5.74) is 2.02. The van der Waals surface area contributed by atoms with E-state index >= 15 is 0 Å². The van der Waals surface area contributed by atoms with E-state index in [0.29, 0.717) is 17.7 Å². The van der Waals surface area contributed by atoms with Crippen LogP contribution in [0.2, 0.25) is 0 Å². The summed E-state index contributed by atoms with van der Waals surface area (Å²) < 4.78 is 1.79. The van der Waals surface area contributed by atoms with E-state index in [9.17, 15) is 14.4 Å². The lowest BCUT2D eigenvalue weighted by molar-refractivity contribution is -0.125. The van der Waals surface area contributed by atoms with E-state index < -0.39 is 6.03 Å². The van der Waals surface area contributed by atoms with Crippen LogP contribution in [-0.2, 0) is 17.9 Å². The average molecular weight is 390 g/mol. The molecule has 3 heterocycles. The molecule has 0 unspecified atom stereocenters. The zero-order chi connectivity index (χ0) is 20.2. The second-order valence-corrected chi connectivity index (χ2v) is 6.52. The zero-order valence-corrected chi connectivity index (χ0v) is 15.4. The van der Waals surface area contributed by atoms with Crippen molar-refractivity contribution < 1.29 is 14.4 Å². The van der Waals surface area contributed by atoms with Crippen molar-refractivity contribution in [2.75, 3.05) is 6.54 Å². The second-order valence-electron chi connectivity index (χ2n) is 6.52. The fourth-order valence-corrected chi connectivity index (χ4v) is 2.96. The minimum Gasteiger partial charge on any atom is -0.348 e. The van der Waals surface area contributed by atoms with E-state index in [1.807, 2.05) is 12.1 Å². The van der Waals surface area contributed by atoms with Gasteiger partial charge in [0.1, 0.15) is 12.1 Å². The molecule has 0 bridgehead atoms. The Balaban J connectivity index is 1.37. The molecular weight excluding hydrogens is 372 g/mol. The minimum absolute atomic E-state index is 0.00663. The van der Waals surface area contributed by atoms with Gasteiger partial charge in [0.05, 0.1) is 13.1 Å². The number of rotatable bonds is 6. The molecule has 0 spiro atoms. The maximum atomic E-state index is 12.5. The number of pyridine rings is 1. The Morgan fingerprint density at radius 1 is 1.17 bits per heavy atom. The van der Waals surface area contributed by atoms with Crippen LogP contribution in [0.25, 0.3) is 5.82 Å². The van der Waals surface area contributed by atoms with Gasteiger partial charge in [-0.1, -0.05) is 18.2 Å². The summed E-state index contributed by atoms with van der Waals surface area (Å²) in [7, 11) is 0. The van der Waals surface area contributed by atoms with Crippen LogP contribution in [0.15, 0.2) is 61.3 Å². The Bertz CT molecular complexity index is 1030. The molecule has 3 aromatic rings. The number of urea groups is 1. The molecule has 0 radical (unpaired) electrons. The van der Waals surface area contributed by atoms with E-state index in [1.54, 1.807) is 53.8 Å². The van der Waals surface area contributed by atoms with E-state index in [-0.39, 0.29) is 24.9 Å². The van der Waals surface area contributed by atoms with Crippen LogP contribution in [0.5, 0.6) is 0 Å². The van der Waals surface area contributed by atoms with Crippen molar-refractivity contribution in [1.29, 1.82) is 0 Å². The maximum absolute atomic E-state index is 12.5. The van der Waals surface area contributed by atoms with Crippen molar-refractivity contribution in [3.8, 4) is 5.82 Å².